The lowest BCUT2D eigenvalue weighted by molar-refractivity contribution is 0.00615. The van der Waals surface area contributed by atoms with Crippen LogP contribution in [0.4, 0.5) is 0 Å². The third kappa shape index (κ3) is 0.894. The first kappa shape index (κ1) is 6.91. The second kappa shape index (κ2) is 2.11. The number of nitrogens with one attached hydrogen (secondary N) is 1. The normalized spacial score (nSPS) is 28.1. The summed E-state index contributed by atoms with van der Waals surface area (Å²) in [6.45, 7) is 4.48. The molecule has 0 radical (unpaired) electrons. The van der Waals surface area contributed by atoms with Crippen molar-refractivity contribution in [3.63, 3.8) is 0 Å². The summed E-state index contributed by atoms with van der Waals surface area (Å²) in [5.41, 5.74) is 6.18. The highest BCUT2D eigenvalue weighted by Gasteiger charge is 2.48. The predicted octanol–water partition coefficient (Wildman–Crippen LogP) is -1.16. The quantitative estimate of drug-likeness (QED) is 0.342. The summed E-state index contributed by atoms with van der Waals surface area (Å²) >= 11 is 0. The average molecular weight is 154 g/mol. The van der Waals surface area contributed by atoms with Crippen LogP contribution >= 0.6 is 0 Å². The molecule has 2 rings (SSSR count). The van der Waals surface area contributed by atoms with Crippen molar-refractivity contribution in [1.82, 2.24) is 10.2 Å². The molecule has 2 heterocycles. The van der Waals surface area contributed by atoms with E-state index in [9.17, 15) is 0 Å². The molecule has 0 saturated carbocycles. The minimum atomic E-state index is 0.551. The second-order valence-corrected chi connectivity index (χ2v) is 3.54. The van der Waals surface area contributed by atoms with Crippen LogP contribution in [0.1, 0.15) is 0 Å². The third-order valence-electron chi connectivity index (χ3n) is 2.61. The smallest absolute Gasteiger partial charge is 0.191 e. The largest absolute Gasteiger partial charge is 0.370 e. The van der Waals surface area contributed by atoms with Crippen molar-refractivity contribution >= 4 is 5.96 Å². The zero-order valence-electron chi connectivity index (χ0n) is 6.80. The SMILES string of the molecule is CN=C(N)N1CC2(CNC2)C1. The minimum Gasteiger partial charge on any atom is -0.370 e. The van der Waals surface area contributed by atoms with Gasteiger partial charge in [0.1, 0.15) is 0 Å². The lowest BCUT2D eigenvalue weighted by atomic mass is 9.75. The van der Waals surface area contributed by atoms with Crippen LogP contribution < -0.4 is 11.1 Å². The molecular weight excluding hydrogens is 140 g/mol. The summed E-state index contributed by atoms with van der Waals surface area (Å²) < 4.78 is 0. The molecule has 4 heteroatoms. The summed E-state index contributed by atoms with van der Waals surface area (Å²) in [7, 11) is 1.74. The van der Waals surface area contributed by atoms with Crippen molar-refractivity contribution in [3.05, 3.63) is 0 Å². The Morgan fingerprint density at radius 2 is 2.18 bits per heavy atom. The highest BCUT2D eigenvalue weighted by molar-refractivity contribution is 5.79. The lowest BCUT2D eigenvalue weighted by Gasteiger charge is -2.56. The van der Waals surface area contributed by atoms with E-state index in [4.69, 9.17) is 5.73 Å². The van der Waals surface area contributed by atoms with Crippen LogP contribution in [-0.2, 0) is 0 Å². The monoisotopic (exact) mass is 154 g/mol. The van der Waals surface area contributed by atoms with Crippen molar-refractivity contribution in [1.29, 1.82) is 0 Å². The Bertz CT molecular complexity index is 187. The number of guanidine groups is 1. The standard InChI is InChI=1S/C7H14N4/c1-9-6(8)11-4-7(5-11)2-10-3-7/h10H,2-5H2,1H3,(H2,8,9). The molecule has 1 spiro atoms. The van der Waals surface area contributed by atoms with Crippen LogP contribution in [0.25, 0.3) is 0 Å². The molecule has 0 atom stereocenters. The molecule has 11 heavy (non-hydrogen) atoms. The maximum atomic E-state index is 5.63. The summed E-state index contributed by atoms with van der Waals surface area (Å²) in [5, 5.41) is 3.27. The third-order valence-corrected chi connectivity index (χ3v) is 2.61. The summed E-state index contributed by atoms with van der Waals surface area (Å²) in [6, 6.07) is 0. The van der Waals surface area contributed by atoms with Crippen LogP contribution in [0.3, 0.4) is 0 Å². The molecular formula is C7H14N4. The fraction of sp³-hybridized carbons (Fsp3) is 0.857. The van der Waals surface area contributed by atoms with Gasteiger partial charge in [-0.2, -0.15) is 0 Å². The molecule has 0 aromatic carbocycles. The number of nitrogens with zero attached hydrogens (tertiary/aromatic N) is 2. The Morgan fingerprint density at radius 3 is 2.55 bits per heavy atom. The van der Waals surface area contributed by atoms with Gasteiger partial charge in [-0.25, -0.2) is 0 Å². The van der Waals surface area contributed by atoms with E-state index in [-0.39, 0.29) is 0 Å². The molecule has 0 aliphatic carbocycles. The van der Waals surface area contributed by atoms with E-state index in [2.05, 4.69) is 15.2 Å². The molecule has 4 nitrogen and oxygen atoms in total. The maximum absolute atomic E-state index is 5.63. The zero-order valence-corrected chi connectivity index (χ0v) is 6.80. The van der Waals surface area contributed by atoms with Gasteiger partial charge in [-0.1, -0.05) is 0 Å². The van der Waals surface area contributed by atoms with E-state index >= 15 is 0 Å². The number of aliphatic imine (C=N–C) groups is 1. The van der Waals surface area contributed by atoms with Gasteiger partial charge in [0, 0.05) is 38.6 Å². The molecule has 0 unspecified atom stereocenters. The molecule has 0 aromatic heterocycles. The van der Waals surface area contributed by atoms with E-state index in [1.54, 1.807) is 7.05 Å². The van der Waals surface area contributed by atoms with Gasteiger partial charge in [0.05, 0.1) is 0 Å². The highest BCUT2D eigenvalue weighted by atomic mass is 15.3. The number of likely N-dealkylation sites (tertiary alicyclic amines) is 1. The van der Waals surface area contributed by atoms with E-state index in [0.717, 1.165) is 26.2 Å². The van der Waals surface area contributed by atoms with Gasteiger partial charge in [-0.3, -0.25) is 4.99 Å². The fourth-order valence-electron chi connectivity index (χ4n) is 1.77. The van der Waals surface area contributed by atoms with Crippen LogP contribution in [-0.4, -0.2) is 44.1 Å². The number of hydrogen-bond donors (Lipinski definition) is 2. The highest BCUT2D eigenvalue weighted by Crippen LogP contribution is 2.33. The number of rotatable bonds is 0. The van der Waals surface area contributed by atoms with Gasteiger partial charge < -0.3 is 16.0 Å². The molecule has 0 bridgehead atoms. The number of hydrogen-bond acceptors (Lipinski definition) is 2. The van der Waals surface area contributed by atoms with Crippen molar-refractivity contribution < 1.29 is 0 Å². The Kier molecular flexibility index (Phi) is 1.32. The zero-order chi connectivity index (χ0) is 7.90. The summed E-state index contributed by atoms with van der Waals surface area (Å²) in [6.07, 6.45) is 0. The van der Waals surface area contributed by atoms with Gasteiger partial charge in [0.25, 0.3) is 0 Å². The topological polar surface area (TPSA) is 53.6 Å². The molecule has 2 aliphatic rings. The minimum absolute atomic E-state index is 0.551. The van der Waals surface area contributed by atoms with Gasteiger partial charge >= 0.3 is 0 Å². The molecule has 0 amide bonds. The van der Waals surface area contributed by atoms with E-state index in [1.807, 2.05) is 0 Å². The first-order valence-corrected chi connectivity index (χ1v) is 3.94. The summed E-state index contributed by atoms with van der Waals surface area (Å²) in [5.74, 6) is 0.683. The van der Waals surface area contributed by atoms with Gasteiger partial charge in [-0.15, -0.1) is 0 Å². The van der Waals surface area contributed by atoms with Crippen molar-refractivity contribution in [2.45, 2.75) is 0 Å². The lowest BCUT2D eigenvalue weighted by Crippen LogP contribution is -2.72. The number of nitrogens with two attached hydrogens (primary N) is 1. The van der Waals surface area contributed by atoms with Crippen molar-refractivity contribution in [2.24, 2.45) is 16.1 Å². The Balaban J connectivity index is 1.87. The summed E-state index contributed by atoms with van der Waals surface area (Å²) in [4.78, 5) is 6.06. The van der Waals surface area contributed by atoms with Gasteiger partial charge in [-0.05, 0) is 0 Å². The molecule has 3 N–H and O–H groups in total. The van der Waals surface area contributed by atoms with Crippen LogP contribution in [0, 0.1) is 5.41 Å². The van der Waals surface area contributed by atoms with Gasteiger partial charge in [0.2, 0.25) is 0 Å². The molecule has 2 fully saturated rings. The van der Waals surface area contributed by atoms with E-state index in [0.29, 0.717) is 11.4 Å². The average Bonchev–Trinajstić information content (AvgIpc) is 1.81. The Labute approximate surface area is 66.5 Å². The molecule has 2 saturated heterocycles. The first-order chi connectivity index (χ1) is 5.26. The second-order valence-electron chi connectivity index (χ2n) is 3.54. The Morgan fingerprint density at radius 1 is 1.55 bits per heavy atom. The van der Waals surface area contributed by atoms with E-state index < -0.39 is 0 Å². The van der Waals surface area contributed by atoms with Crippen molar-refractivity contribution in [3.8, 4) is 0 Å². The Hall–Kier alpha value is -0.770. The van der Waals surface area contributed by atoms with Crippen LogP contribution in [0.5, 0.6) is 0 Å². The van der Waals surface area contributed by atoms with Gasteiger partial charge in [0.15, 0.2) is 5.96 Å². The molecule has 2 aliphatic heterocycles. The maximum Gasteiger partial charge on any atom is 0.191 e. The van der Waals surface area contributed by atoms with Crippen LogP contribution in [0.2, 0.25) is 0 Å². The molecule has 62 valence electrons. The van der Waals surface area contributed by atoms with Crippen molar-refractivity contribution in [2.75, 3.05) is 33.2 Å². The predicted molar refractivity (Wildman–Crippen MR) is 44.4 cm³/mol. The molecule has 0 aromatic rings. The fourth-order valence-corrected chi connectivity index (χ4v) is 1.77. The van der Waals surface area contributed by atoms with E-state index in [1.165, 1.54) is 0 Å². The van der Waals surface area contributed by atoms with Crippen LogP contribution in [0.15, 0.2) is 4.99 Å². The first-order valence-electron chi connectivity index (χ1n) is 3.94.